The normalized spacial score (nSPS) is 18.5. The van der Waals surface area contributed by atoms with Crippen LogP contribution in [0, 0.1) is 0 Å². The number of aliphatic carboxylic acids is 1. The maximum atomic E-state index is 13.4. The number of thioether (sulfide) groups is 1. The minimum absolute atomic E-state index is 0.0220. The highest BCUT2D eigenvalue weighted by Gasteiger charge is 2.52. The zero-order chi connectivity index (χ0) is 22.8. The molecule has 1 N–H and O–H groups in total. The van der Waals surface area contributed by atoms with Gasteiger partial charge in [-0.2, -0.15) is 0 Å². The number of imide groups is 1. The molecule has 1 aliphatic heterocycles. The summed E-state index contributed by atoms with van der Waals surface area (Å²) in [7, 11) is 0. The largest absolute Gasteiger partial charge is 0.482 e. The quantitative estimate of drug-likeness (QED) is 0.450. The molecule has 0 aliphatic carbocycles. The maximum absolute atomic E-state index is 13.4. The van der Waals surface area contributed by atoms with E-state index in [0.717, 1.165) is 21.1 Å². The first-order chi connectivity index (χ1) is 14.7. The number of rotatable bonds is 8. The van der Waals surface area contributed by atoms with Gasteiger partial charge in [-0.25, -0.2) is 4.79 Å². The van der Waals surface area contributed by atoms with Crippen LogP contribution in [0.2, 0.25) is 10.0 Å². The topological polar surface area (TPSA) is 83.9 Å². The van der Waals surface area contributed by atoms with Gasteiger partial charge in [0, 0.05) is 26.5 Å². The fourth-order valence-electron chi connectivity index (χ4n) is 3.31. The monoisotopic (exact) mass is 545 g/mol. The first-order valence-electron chi connectivity index (χ1n) is 9.27. The van der Waals surface area contributed by atoms with Crippen LogP contribution in [-0.4, -0.2) is 38.5 Å². The lowest BCUT2D eigenvalue weighted by Crippen LogP contribution is -2.40. The number of hydrogen-bond acceptors (Lipinski definition) is 5. The molecule has 31 heavy (non-hydrogen) atoms. The highest BCUT2D eigenvalue weighted by Crippen LogP contribution is 2.45. The van der Waals surface area contributed by atoms with Gasteiger partial charge < -0.3 is 9.84 Å². The first-order valence-corrected chi connectivity index (χ1v) is 11.6. The maximum Gasteiger partial charge on any atom is 0.341 e. The standard InChI is InChI=1S/C21H18BrCl2NO5S/c1-2-21(9-12-8-13(22)6-7-17(12)30-11-18(26)27)19(28)25(20(29)31-21)10-14-15(23)4-3-5-16(14)24/h3-8H,2,9-11H2,1H3,(H,26,27). The highest BCUT2D eigenvalue weighted by atomic mass is 79.9. The van der Waals surface area contributed by atoms with Gasteiger partial charge >= 0.3 is 5.97 Å². The summed E-state index contributed by atoms with van der Waals surface area (Å²) in [5, 5.41) is 9.31. The molecule has 0 radical (unpaired) electrons. The van der Waals surface area contributed by atoms with Crippen LogP contribution in [-0.2, 0) is 22.6 Å². The van der Waals surface area contributed by atoms with Crippen LogP contribution < -0.4 is 4.74 Å². The smallest absolute Gasteiger partial charge is 0.341 e. The number of carboxylic acid groups (broad SMARTS) is 1. The second-order valence-corrected chi connectivity index (χ2v) is 9.98. The molecule has 0 aromatic heterocycles. The number of benzene rings is 2. The third-order valence-electron chi connectivity index (χ3n) is 4.94. The van der Waals surface area contributed by atoms with Crippen LogP contribution in [0.4, 0.5) is 4.79 Å². The lowest BCUT2D eigenvalue weighted by molar-refractivity contribution is -0.139. The van der Waals surface area contributed by atoms with Gasteiger partial charge in [0.25, 0.3) is 5.24 Å². The van der Waals surface area contributed by atoms with Gasteiger partial charge in [0.05, 0.1) is 6.54 Å². The van der Waals surface area contributed by atoms with Gasteiger partial charge in [0.2, 0.25) is 5.91 Å². The predicted octanol–water partition coefficient (Wildman–Crippen LogP) is 5.81. The van der Waals surface area contributed by atoms with E-state index in [0.29, 0.717) is 33.3 Å². The molecule has 164 valence electrons. The molecule has 2 aromatic rings. The molecule has 1 atom stereocenters. The zero-order valence-electron chi connectivity index (χ0n) is 16.4. The molecule has 1 fully saturated rings. The van der Waals surface area contributed by atoms with Gasteiger partial charge in [-0.1, -0.05) is 52.1 Å². The van der Waals surface area contributed by atoms with E-state index in [4.69, 9.17) is 33.0 Å². The Hall–Kier alpha value is -1.74. The Labute approximate surface area is 202 Å². The van der Waals surface area contributed by atoms with Crippen LogP contribution in [0.5, 0.6) is 5.75 Å². The lowest BCUT2D eigenvalue weighted by atomic mass is 9.93. The highest BCUT2D eigenvalue weighted by molar-refractivity contribution is 9.10. The van der Waals surface area contributed by atoms with Gasteiger partial charge in [0.15, 0.2) is 6.61 Å². The molecule has 1 heterocycles. The van der Waals surface area contributed by atoms with E-state index in [-0.39, 0.29) is 24.1 Å². The summed E-state index contributed by atoms with van der Waals surface area (Å²) in [6.07, 6.45) is 0.583. The summed E-state index contributed by atoms with van der Waals surface area (Å²) >= 11 is 16.8. The first kappa shape index (κ1) is 23.9. The average molecular weight is 547 g/mol. The number of hydrogen-bond donors (Lipinski definition) is 1. The molecule has 10 heteroatoms. The summed E-state index contributed by atoms with van der Waals surface area (Å²) in [5.41, 5.74) is 1.14. The van der Waals surface area contributed by atoms with Crippen molar-refractivity contribution in [1.82, 2.24) is 4.90 Å². The van der Waals surface area contributed by atoms with E-state index < -0.39 is 17.3 Å². The number of amides is 2. The van der Waals surface area contributed by atoms with E-state index in [9.17, 15) is 14.4 Å². The number of halogens is 3. The van der Waals surface area contributed by atoms with Gasteiger partial charge in [-0.05, 0) is 54.1 Å². The van der Waals surface area contributed by atoms with Gasteiger partial charge in [0.1, 0.15) is 10.5 Å². The predicted molar refractivity (Wildman–Crippen MR) is 124 cm³/mol. The second kappa shape index (κ2) is 9.81. The van der Waals surface area contributed by atoms with Crippen LogP contribution in [0.25, 0.3) is 0 Å². The second-order valence-electron chi connectivity index (χ2n) is 6.92. The molecule has 1 unspecified atom stereocenters. The number of carboxylic acids is 1. The summed E-state index contributed by atoms with van der Waals surface area (Å²) < 4.78 is 5.09. The Morgan fingerprint density at radius 3 is 2.52 bits per heavy atom. The van der Waals surface area contributed by atoms with Crippen LogP contribution >= 0.6 is 50.9 Å². The Kier molecular flexibility index (Phi) is 7.57. The van der Waals surface area contributed by atoms with Crippen molar-refractivity contribution in [2.75, 3.05) is 6.61 Å². The van der Waals surface area contributed by atoms with E-state index in [1.807, 2.05) is 6.92 Å². The number of carbonyl (C=O) groups excluding carboxylic acids is 2. The van der Waals surface area contributed by atoms with Crippen molar-refractivity contribution < 1.29 is 24.2 Å². The molecule has 1 aliphatic rings. The molecule has 2 aromatic carbocycles. The fraction of sp³-hybridized carbons (Fsp3) is 0.286. The minimum Gasteiger partial charge on any atom is -0.482 e. The van der Waals surface area contributed by atoms with Crippen LogP contribution in [0.1, 0.15) is 24.5 Å². The number of carbonyl (C=O) groups is 3. The Morgan fingerprint density at radius 2 is 1.90 bits per heavy atom. The third-order valence-corrected chi connectivity index (χ3v) is 7.53. The van der Waals surface area contributed by atoms with E-state index in [1.54, 1.807) is 36.4 Å². The number of nitrogens with zero attached hydrogens (tertiary/aromatic N) is 1. The van der Waals surface area contributed by atoms with Gasteiger partial charge in [-0.15, -0.1) is 0 Å². The molecule has 2 amide bonds. The van der Waals surface area contributed by atoms with Crippen molar-refractivity contribution >= 4 is 68.0 Å². The fourth-order valence-corrected chi connectivity index (χ4v) is 5.39. The third kappa shape index (κ3) is 5.19. The number of ether oxygens (including phenoxy) is 1. The Balaban J connectivity index is 1.91. The van der Waals surface area contributed by atoms with Crippen molar-refractivity contribution in [3.05, 3.63) is 62.0 Å². The molecule has 6 nitrogen and oxygen atoms in total. The van der Waals surface area contributed by atoms with E-state index in [2.05, 4.69) is 15.9 Å². The van der Waals surface area contributed by atoms with Crippen molar-refractivity contribution in [3.8, 4) is 5.75 Å². The van der Waals surface area contributed by atoms with Crippen LogP contribution in [0.15, 0.2) is 40.9 Å². The van der Waals surface area contributed by atoms with Crippen molar-refractivity contribution in [3.63, 3.8) is 0 Å². The molecule has 0 saturated carbocycles. The average Bonchev–Trinajstić information content (AvgIpc) is 2.94. The summed E-state index contributed by atoms with van der Waals surface area (Å²) in [6.45, 7) is 1.30. The zero-order valence-corrected chi connectivity index (χ0v) is 20.3. The van der Waals surface area contributed by atoms with Crippen molar-refractivity contribution in [2.24, 2.45) is 0 Å². The minimum atomic E-state index is -1.11. The summed E-state index contributed by atoms with van der Waals surface area (Å²) in [4.78, 5) is 38.3. The van der Waals surface area contributed by atoms with Crippen LogP contribution in [0.3, 0.4) is 0 Å². The lowest BCUT2D eigenvalue weighted by Gasteiger charge is -2.25. The van der Waals surface area contributed by atoms with Crippen molar-refractivity contribution in [2.45, 2.75) is 31.1 Å². The van der Waals surface area contributed by atoms with E-state index >= 15 is 0 Å². The van der Waals surface area contributed by atoms with E-state index in [1.165, 1.54) is 0 Å². The molecule has 3 rings (SSSR count). The molecule has 0 bridgehead atoms. The Bertz CT molecular complexity index is 1030. The SMILES string of the molecule is CCC1(Cc2cc(Br)ccc2OCC(=O)O)SC(=O)N(Cc2c(Cl)cccc2Cl)C1=O. The summed E-state index contributed by atoms with van der Waals surface area (Å²) in [5.74, 6) is -1.10. The van der Waals surface area contributed by atoms with Crippen molar-refractivity contribution in [1.29, 1.82) is 0 Å². The molecule has 0 spiro atoms. The molecular formula is C21H18BrCl2NO5S. The Morgan fingerprint density at radius 1 is 1.23 bits per heavy atom. The molecular weight excluding hydrogens is 529 g/mol. The molecule has 1 saturated heterocycles. The van der Waals surface area contributed by atoms with Gasteiger partial charge in [-0.3, -0.25) is 14.5 Å². The summed E-state index contributed by atoms with van der Waals surface area (Å²) in [6, 6.07) is 10.1.